The molecule has 0 radical (unpaired) electrons. The predicted molar refractivity (Wildman–Crippen MR) is 68.5 cm³/mol. The van der Waals surface area contributed by atoms with Gasteiger partial charge in [0.05, 0.1) is 5.69 Å². The molecule has 0 bridgehead atoms. The Labute approximate surface area is 97.2 Å². The third-order valence-corrected chi connectivity index (χ3v) is 2.85. The zero-order chi connectivity index (χ0) is 11.5. The molecule has 0 aliphatic heterocycles. The standard InChI is InChI=1S/C15H17N/c1-11(2)13-8-4-5-9-14(13)15-12(3)7-6-10-16-15/h4-11H,1-3H3. The molecule has 82 valence electrons. The highest BCUT2D eigenvalue weighted by molar-refractivity contribution is 5.67. The fraction of sp³-hybridized carbons (Fsp3) is 0.267. The summed E-state index contributed by atoms with van der Waals surface area (Å²) in [6.45, 7) is 6.55. The van der Waals surface area contributed by atoms with E-state index in [0.717, 1.165) is 5.69 Å². The van der Waals surface area contributed by atoms with E-state index >= 15 is 0 Å². The smallest absolute Gasteiger partial charge is 0.0733 e. The lowest BCUT2D eigenvalue weighted by Crippen LogP contribution is -1.95. The van der Waals surface area contributed by atoms with Gasteiger partial charge in [0.2, 0.25) is 0 Å². The average molecular weight is 211 g/mol. The van der Waals surface area contributed by atoms with Crippen molar-refractivity contribution in [2.24, 2.45) is 0 Å². The minimum atomic E-state index is 0.526. The Kier molecular flexibility index (Phi) is 3.04. The maximum atomic E-state index is 4.49. The van der Waals surface area contributed by atoms with Crippen LogP contribution in [0.15, 0.2) is 42.6 Å². The normalized spacial score (nSPS) is 10.8. The largest absolute Gasteiger partial charge is 0.256 e. The van der Waals surface area contributed by atoms with Crippen molar-refractivity contribution in [2.45, 2.75) is 26.7 Å². The van der Waals surface area contributed by atoms with Crippen molar-refractivity contribution < 1.29 is 0 Å². The summed E-state index contributed by atoms with van der Waals surface area (Å²) in [5, 5.41) is 0. The van der Waals surface area contributed by atoms with Crippen molar-refractivity contribution in [3.05, 3.63) is 53.7 Å². The molecule has 0 spiro atoms. The third-order valence-electron chi connectivity index (χ3n) is 2.85. The Morgan fingerprint density at radius 2 is 1.75 bits per heavy atom. The van der Waals surface area contributed by atoms with E-state index in [1.54, 1.807) is 0 Å². The van der Waals surface area contributed by atoms with Gasteiger partial charge in [-0.2, -0.15) is 0 Å². The van der Waals surface area contributed by atoms with Crippen LogP contribution >= 0.6 is 0 Å². The minimum Gasteiger partial charge on any atom is -0.256 e. The first-order valence-corrected chi connectivity index (χ1v) is 5.71. The summed E-state index contributed by atoms with van der Waals surface area (Å²) in [5.74, 6) is 0.526. The van der Waals surface area contributed by atoms with E-state index in [4.69, 9.17) is 0 Å². The summed E-state index contributed by atoms with van der Waals surface area (Å²) >= 11 is 0. The lowest BCUT2D eigenvalue weighted by molar-refractivity contribution is 0.867. The molecular weight excluding hydrogens is 194 g/mol. The van der Waals surface area contributed by atoms with Crippen LogP contribution < -0.4 is 0 Å². The molecule has 0 unspecified atom stereocenters. The lowest BCUT2D eigenvalue weighted by atomic mass is 9.94. The van der Waals surface area contributed by atoms with E-state index in [1.165, 1.54) is 16.7 Å². The molecule has 0 saturated carbocycles. The van der Waals surface area contributed by atoms with Crippen LogP contribution in [0.25, 0.3) is 11.3 Å². The highest BCUT2D eigenvalue weighted by Gasteiger charge is 2.10. The Bertz CT molecular complexity index is 486. The first kappa shape index (κ1) is 10.9. The Balaban J connectivity index is 2.60. The van der Waals surface area contributed by atoms with Crippen LogP contribution in [-0.2, 0) is 0 Å². The summed E-state index contributed by atoms with van der Waals surface area (Å²) in [5.41, 5.74) is 4.96. The van der Waals surface area contributed by atoms with Crippen molar-refractivity contribution in [1.82, 2.24) is 4.98 Å². The second kappa shape index (κ2) is 4.48. The van der Waals surface area contributed by atoms with Crippen molar-refractivity contribution >= 4 is 0 Å². The molecule has 2 aromatic rings. The zero-order valence-corrected chi connectivity index (χ0v) is 10.1. The van der Waals surface area contributed by atoms with Gasteiger partial charge in [-0.1, -0.05) is 44.2 Å². The van der Waals surface area contributed by atoms with Gasteiger partial charge in [0.15, 0.2) is 0 Å². The molecule has 2 rings (SSSR count). The van der Waals surface area contributed by atoms with E-state index in [-0.39, 0.29) is 0 Å². The summed E-state index contributed by atoms with van der Waals surface area (Å²) < 4.78 is 0. The molecule has 16 heavy (non-hydrogen) atoms. The molecule has 1 heterocycles. The van der Waals surface area contributed by atoms with E-state index in [9.17, 15) is 0 Å². The number of hydrogen-bond acceptors (Lipinski definition) is 1. The van der Waals surface area contributed by atoms with Gasteiger partial charge in [0, 0.05) is 11.8 Å². The second-order valence-corrected chi connectivity index (χ2v) is 4.41. The lowest BCUT2D eigenvalue weighted by Gasteiger charge is -2.13. The molecular formula is C15H17N. The highest BCUT2D eigenvalue weighted by atomic mass is 14.7. The molecule has 0 aliphatic rings. The van der Waals surface area contributed by atoms with E-state index in [2.05, 4.69) is 56.1 Å². The summed E-state index contributed by atoms with van der Waals surface area (Å²) in [4.78, 5) is 4.49. The van der Waals surface area contributed by atoms with Crippen molar-refractivity contribution in [1.29, 1.82) is 0 Å². The quantitative estimate of drug-likeness (QED) is 0.726. The van der Waals surface area contributed by atoms with E-state index in [1.807, 2.05) is 12.3 Å². The third kappa shape index (κ3) is 1.99. The van der Waals surface area contributed by atoms with Gasteiger partial charge >= 0.3 is 0 Å². The maximum absolute atomic E-state index is 4.49. The van der Waals surface area contributed by atoms with Crippen molar-refractivity contribution in [2.75, 3.05) is 0 Å². The molecule has 1 heteroatoms. The fourth-order valence-corrected chi connectivity index (χ4v) is 1.98. The van der Waals surface area contributed by atoms with Gasteiger partial charge in [-0.3, -0.25) is 4.98 Å². The zero-order valence-electron chi connectivity index (χ0n) is 10.1. The molecule has 0 amide bonds. The molecule has 0 aliphatic carbocycles. The minimum absolute atomic E-state index is 0.526. The first-order chi connectivity index (χ1) is 7.70. The SMILES string of the molecule is Cc1cccnc1-c1ccccc1C(C)C. The van der Waals surface area contributed by atoms with Gasteiger partial charge in [-0.15, -0.1) is 0 Å². The number of hydrogen-bond donors (Lipinski definition) is 0. The maximum Gasteiger partial charge on any atom is 0.0733 e. The molecule has 0 fully saturated rings. The predicted octanol–water partition coefficient (Wildman–Crippen LogP) is 4.18. The van der Waals surface area contributed by atoms with Crippen LogP contribution in [0.5, 0.6) is 0 Å². The van der Waals surface area contributed by atoms with Gasteiger partial charge in [-0.25, -0.2) is 0 Å². The van der Waals surface area contributed by atoms with Crippen molar-refractivity contribution in [3.8, 4) is 11.3 Å². The number of benzene rings is 1. The Hall–Kier alpha value is -1.63. The Morgan fingerprint density at radius 1 is 1.00 bits per heavy atom. The number of aryl methyl sites for hydroxylation is 1. The van der Waals surface area contributed by atoms with Crippen LogP contribution in [0.4, 0.5) is 0 Å². The van der Waals surface area contributed by atoms with Gasteiger partial charge < -0.3 is 0 Å². The van der Waals surface area contributed by atoms with Crippen molar-refractivity contribution in [3.63, 3.8) is 0 Å². The monoisotopic (exact) mass is 211 g/mol. The van der Waals surface area contributed by atoms with Gasteiger partial charge in [-0.05, 0) is 30.0 Å². The molecule has 1 aromatic heterocycles. The summed E-state index contributed by atoms with van der Waals surface area (Å²) in [7, 11) is 0. The van der Waals surface area contributed by atoms with Gasteiger partial charge in [0.1, 0.15) is 0 Å². The second-order valence-electron chi connectivity index (χ2n) is 4.41. The number of rotatable bonds is 2. The molecule has 1 aromatic carbocycles. The number of pyridine rings is 1. The van der Waals surface area contributed by atoms with Gasteiger partial charge in [0.25, 0.3) is 0 Å². The molecule has 0 atom stereocenters. The van der Waals surface area contributed by atoms with Crippen LogP contribution in [0, 0.1) is 6.92 Å². The average Bonchev–Trinajstić information content (AvgIpc) is 2.29. The van der Waals surface area contributed by atoms with Crippen LogP contribution in [0.3, 0.4) is 0 Å². The highest BCUT2D eigenvalue weighted by Crippen LogP contribution is 2.29. The first-order valence-electron chi connectivity index (χ1n) is 5.71. The van der Waals surface area contributed by atoms with Crippen LogP contribution in [0.2, 0.25) is 0 Å². The van der Waals surface area contributed by atoms with Crippen LogP contribution in [-0.4, -0.2) is 4.98 Å². The molecule has 0 N–H and O–H groups in total. The Morgan fingerprint density at radius 3 is 2.44 bits per heavy atom. The fourth-order valence-electron chi connectivity index (χ4n) is 1.98. The van der Waals surface area contributed by atoms with E-state index in [0.29, 0.717) is 5.92 Å². The summed E-state index contributed by atoms with van der Waals surface area (Å²) in [6, 6.07) is 12.6. The van der Waals surface area contributed by atoms with E-state index < -0.39 is 0 Å². The van der Waals surface area contributed by atoms with Crippen LogP contribution in [0.1, 0.15) is 30.9 Å². The number of aromatic nitrogens is 1. The number of nitrogens with zero attached hydrogens (tertiary/aromatic N) is 1. The topological polar surface area (TPSA) is 12.9 Å². The molecule has 0 saturated heterocycles. The molecule has 1 nitrogen and oxygen atoms in total. The summed E-state index contributed by atoms with van der Waals surface area (Å²) in [6.07, 6.45) is 1.86.